The van der Waals surface area contributed by atoms with Crippen molar-refractivity contribution in [2.75, 3.05) is 18.1 Å². The van der Waals surface area contributed by atoms with Gasteiger partial charge in [0.2, 0.25) is 0 Å². The summed E-state index contributed by atoms with van der Waals surface area (Å²) in [7, 11) is 0. The molecule has 0 amide bonds. The molecule has 0 heterocycles. The molecule has 0 aromatic heterocycles. The van der Waals surface area contributed by atoms with Crippen LogP contribution in [0.15, 0.2) is 0 Å². The normalized spacial score (nSPS) is 13.1. The Morgan fingerprint density at radius 2 is 1.86 bits per heavy atom. The first kappa shape index (κ1) is 14.3. The van der Waals surface area contributed by atoms with Gasteiger partial charge in [-0.3, -0.25) is 0 Å². The van der Waals surface area contributed by atoms with Crippen LogP contribution in [0, 0.1) is 0 Å². The SMILES string of the molecule is CCCCCCC(CSCC)NCC. The Kier molecular flexibility index (Phi) is 11.6. The summed E-state index contributed by atoms with van der Waals surface area (Å²) in [5, 5.41) is 3.57. The summed E-state index contributed by atoms with van der Waals surface area (Å²) in [6, 6.07) is 0.752. The summed E-state index contributed by atoms with van der Waals surface area (Å²) in [5.41, 5.74) is 0. The van der Waals surface area contributed by atoms with Crippen LogP contribution >= 0.6 is 11.8 Å². The molecule has 0 aromatic carbocycles. The molecule has 0 spiro atoms. The first-order valence-electron chi connectivity index (χ1n) is 6.16. The molecule has 0 aliphatic carbocycles. The van der Waals surface area contributed by atoms with E-state index in [0.717, 1.165) is 12.6 Å². The van der Waals surface area contributed by atoms with Gasteiger partial charge in [-0.2, -0.15) is 11.8 Å². The Labute approximate surface area is 94.4 Å². The van der Waals surface area contributed by atoms with Gasteiger partial charge in [-0.25, -0.2) is 0 Å². The van der Waals surface area contributed by atoms with Crippen molar-refractivity contribution >= 4 is 11.8 Å². The molecular formula is C12H27NS. The predicted octanol–water partition coefficient (Wildman–Crippen LogP) is 3.69. The van der Waals surface area contributed by atoms with Crippen molar-refractivity contribution in [1.29, 1.82) is 0 Å². The van der Waals surface area contributed by atoms with E-state index in [1.807, 2.05) is 0 Å². The predicted molar refractivity (Wildman–Crippen MR) is 69.2 cm³/mol. The van der Waals surface area contributed by atoms with Gasteiger partial charge in [0.1, 0.15) is 0 Å². The van der Waals surface area contributed by atoms with Crippen LogP contribution in [0.25, 0.3) is 0 Å². The van der Waals surface area contributed by atoms with Crippen LogP contribution in [0.4, 0.5) is 0 Å². The highest BCUT2D eigenvalue weighted by atomic mass is 32.2. The van der Waals surface area contributed by atoms with Gasteiger partial charge in [0.25, 0.3) is 0 Å². The smallest absolute Gasteiger partial charge is 0.0158 e. The molecule has 0 saturated heterocycles. The number of hydrogen-bond acceptors (Lipinski definition) is 2. The van der Waals surface area contributed by atoms with E-state index in [9.17, 15) is 0 Å². The summed E-state index contributed by atoms with van der Waals surface area (Å²) in [6.07, 6.45) is 6.92. The maximum Gasteiger partial charge on any atom is 0.0158 e. The molecular weight excluding hydrogens is 190 g/mol. The van der Waals surface area contributed by atoms with Crippen LogP contribution < -0.4 is 5.32 Å². The average molecular weight is 217 g/mol. The fourth-order valence-electron chi connectivity index (χ4n) is 1.61. The zero-order valence-electron chi connectivity index (χ0n) is 10.1. The zero-order chi connectivity index (χ0) is 10.6. The summed E-state index contributed by atoms with van der Waals surface area (Å²) >= 11 is 2.06. The van der Waals surface area contributed by atoms with E-state index in [1.54, 1.807) is 0 Å². The van der Waals surface area contributed by atoms with Crippen LogP contribution in [-0.2, 0) is 0 Å². The number of unbranched alkanes of at least 4 members (excludes halogenated alkanes) is 3. The van der Waals surface area contributed by atoms with Crippen molar-refractivity contribution in [3.63, 3.8) is 0 Å². The molecule has 86 valence electrons. The van der Waals surface area contributed by atoms with Gasteiger partial charge in [0.15, 0.2) is 0 Å². The van der Waals surface area contributed by atoms with Gasteiger partial charge >= 0.3 is 0 Å². The van der Waals surface area contributed by atoms with Gasteiger partial charge in [-0.1, -0.05) is 46.5 Å². The van der Waals surface area contributed by atoms with E-state index >= 15 is 0 Å². The molecule has 0 aromatic rings. The lowest BCUT2D eigenvalue weighted by Gasteiger charge is -2.16. The lowest BCUT2D eigenvalue weighted by Crippen LogP contribution is -2.31. The number of hydrogen-bond donors (Lipinski definition) is 1. The monoisotopic (exact) mass is 217 g/mol. The maximum atomic E-state index is 3.57. The Hall–Kier alpha value is 0.310. The average Bonchev–Trinajstić information content (AvgIpc) is 2.20. The number of rotatable bonds is 10. The summed E-state index contributed by atoms with van der Waals surface area (Å²) in [4.78, 5) is 0. The van der Waals surface area contributed by atoms with Crippen molar-refractivity contribution in [1.82, 2.24) is 5.32 Å². The molecule has 0 fully saturated rings. The summed E-state index contributed by atoms with van der Waals surface area (Å²) in [5.74, 6) is 2.54. The molecule has 1 atom stereocenters. The van der Waals surface area contributed by atoms with Gasteiger partial charge in [-0.15, -0.1) is 0 Å². The Bertz CT molecular complexity index is 106. The van der Waals surface area contributed by atoms with Gasteiger partial charge < -0.3 is 5.32 Å². The highest BCUT2D eigenvalue weighted by molar-refractivity contribution is 7.99. The summed E-state index contributed by atoms with van der Waals surface area (Å²) < 4.78 is 0. The molecule has 14 heavy (non-hydrogen) atoms. The maximum absolute atomic E-state index is 3.57. The molecule has 0 saturated carbocycles. The molecule has 1 nitrogen and oxygen atoms in total. The van der Waals surface area contributed by atoms with Crippen LogP contribution in [0.5, 0.6) is 0 Å². The standard InChI is InChI=1S/C12H27NS/c1-4-7-8-9-10-12(13-5-2)11-14-6-3/h12-13H,4-11H2,1-3H3. The van der Waals surface area contributed by atoms with E-state index < -0.39 is 0 Å². The number of nitrogens with one attached hydrogen (secondary N) is 1. The first-order chi connectivity index (χ1) is 6.85. The van der Waals surface area contributed by atoms with E-state index in [0.29, 0.717) is 0 Å². The third kappa shape index (κ3) is 8.89. The van der Waals surface area contributed by atoms with Crippen LogP contribution in [0.2, 0.25) is 0 Å². The van der Waals surface area contributed by atoms with Crippen molar-refractivity contribution in [2.24, 2.45) is 0 Å². The first-order valence-corrected chi connectivity index (χ1v) is 7.31. The lowest BCUT2D eigenvalue weighted by molar-refractivity contribution is 0.500. The fraction of sp³-hybridized carbons (Fsp3) is 1.00. The van der Waals surface area contributed by atoms with Crippen molar-refractivity contribution in [2.45, 2.75) is 58.9 Å². The Morgan fingerprint density at radius 3 is 2.43 bits per heavy atom. The van der Waals surface area contributed by atoms with E-state index in [4.69, 9.17) is 0 Å². The third-order valence-corrected chi connectivity index (χ3v) is 3.47. The van der Waals surface area contributed by atoms with E-state index in [2.05, 4.69) is 37.8 Å². The van der Waals surface area contributed by atoms with Crippen LogP contribution in [0.3, 0.4) is 0 Å². The molecule has 2 heteroatoms. The minimum Gasteiger partial charge on any atom is -0.313 e. The second kappa shape index (κ2) is 11.4. The Morgan fingerprint density at radius 1 is 1.07 bits per heavy atom. The lowest BCUT2D eigenvalue weighted by atomic mass is 10.1. The second-order valence-corrected chi connectivity index (χ2v) is 5.08. The summed E-state index contributed by atoms with van der Waals surface area (Å²) in [6.45, 7) is 7.83. The minimum absolute atomic E-state index is 0.752. The minimum atomic E-state index is 0.752. The molecule has 0 bridgehead atoms. The second-order valence-electron chi connectivity index (χ2n) is 3.76. The molecule has 0 radical (unpaired) electrons. The highest BCUT2D eigenvalue weighted by Gasteiger charge is 2.05. The fourth-order valence-corrected chi connectivity index (χ4v) is 2.42. The third-order valence-electron chi connectivity index (χ3n) is 2.42. The largest absolute Gasteiger partial charge is 0.313 e. The Balaban J connectivity index is 3.40. The van der Waals surface area contributed by atoms with E-state index in [-0.39, 0.29) is 0 Å². The zero-order valence-corrected chi connectivity index (χ0v) is 11.0. The van der Waals surface area contributed by atoms with Gasteiger partial charge in [0.05, 0.1) is 0 Å². The van der Waals surface area contributed by atoms with Crippen LogP contribution in [-0.4, -0.2) is 24.1 Å². The molecule has 0 aliphatic heterocycles. The van der Waals surface area contributed by atoms with Gasteiger partial charge in [-0.05, 0) is 18.7 Å². The topological polar surface area (TPSA) is 12.0 Å². The number of thioether (sulfide) groups is 1. The van der Waals surface area contributed by atoms with E-state index in [1.165, 1.54) is 43.6 Å². The van der Waals surface area contributed by atoms with Gasteiger partial charge in [0, 0.05) is 11.8 Å². The molecule has 0 rings (SSSR count). The van der Waals surface area contributed by atoms with Crippen LogP contribution in [0.1, 0.15) is 52.9 Å². The van der Waals surface area contributed by atoms with Crippen molar-refractivity contribution < 1.29 is 0 Å². The quantitative estimate of drug-likeness (QED) is 0.560. The molecule has 1 unspecified atom stereocenters. The van der Waals surface area contributed by atoms with Crippen molar-refractivity contribution in [3.05, 3.63) is 0 Å². The highest BCUT2D eigenvalue weighted by Crippen LogP contribution is 2.10. The van der Waals surface area contributed by atoms with Crippen molar-refractivity contribution in [3.8, 4) is 0 Å². The molecule has 1 N–H and O–H groups in total. The molecule has 0 aliphatic rings.